The van der Waals surface area contributed by atoms with E-state index >= 15 is 0 Å². The highest BCUT2D eigenvalue weighted by molar-refractivity contribution is 5.98. The molecule has 3 aromatic rings. The molecular weight excluding hydrogens is 372 g/mol. The molecule has 0 aliphatic rings. The van der Waals surface area contributed by atoms with E-state index in [4.69, 9.17) is 9.47 Å². The van der Waals surface area contributed by atoms with Gasteiger partial charge in [0.1, 0.15) is 17.2 Å². The molecule has 3 aromatic carbocycles. The van der Waals surface area contributed by atoms with E-state index in [-0.39, 0.29) is 17.9 Å². The van der Waals surface area contributed by atoms with Crippen molar-refractivity contribution in [3.8, 4) is 28.4 Å². The molecule has 3 rings (SSSR count). The lowest BCUT2D eigenvalue weighted by molar-refractivity contribution is -0.123. The third-order valence-corrected chi connectivity index (χ3v) is 4.10. The van der Waals surface area contributed by atoms with Crippen molar-refractivity contribution >= 4 is 11.8 Å². The molecule has 0 saturated heterocycles. The molecule has 0 saturated carbocycles. The lowest BCUT2D eigenvalue weighted by atomic mass is 10.1. The summed E-state index contributed by atoms with van der Waals surface area (Å²) in [6.07, 6.45) is 0. The van der Waals surface area contributed by atoms with Crippen LogP contribution in [0.5, 0.6) is 17.2 Å². The van der Waals surface area contributed by atoms with Crippen molar-refractivity contribution in [2.24, 2.45) is 0 Å². The summed E-state index contributed by atoms with van der Waals surface area (Å²) in [7, 11) is 1.45. The molecule has 0 aliphatic heterocycles. The molecule has 148 valence electrons. The van der Waals surface area contributed by atoms with Crippen molar-refractivity contribution in [3.05, 3.63) is 78.4 Å². The molecule has 7 nitrogen and oxygen atoms in total. The number of carbonyl (C=O) groups excluding carboxylic acids is 2. The highest BCUT2D eigenvalue weighted by atomic mass is 16.5. The number of hydrogen-bond acceptors (Lipinski definition) is 5. The van der Waals surface area contributed by atoms with Crippen molar-refractivity contribution in [2.45, 2.75) is 0 Å². The molecule has 0 spiro atoms. The Kier molecular flexibility index (Phi) is 6.32. The number of aromatic hydroxyl groups is 1. The Balaban J connectivity index is 1.57. The fraction of sp³-hybridized carbons (Fsp3) is 0.0909. The second kappa shape index (κ2) is 9.27. The highest BCUT2D eigenvalue weighted by Gasteiger charge is 2.13. The zero-order valence-corrected chi connectivity index (χ0v) is 15.7. The molecule has 7 heteroatoms. The second-order valence-corrected chi connectivity index (χ2v) is 6.04. The fourth-order valence-electron chi connectivity index (χ4n) is 2.65. The molecule has 2 amide bonds. The van der Waals surface area contributed by atoms with Crippen molar-refractivity contribution in [2.75, 3.05) is 13.7 Å². The number of nitrogens with one attached hydrogen (secondary N) is 2. The summed E-state index contributed by atoms with van der Waals surface area (Å²) in [5, 5.41) is 9.87. The molecule has 0 fully saturated rings. The monoisotopic (exact) mass is 392 g/mol. The first kappa shape index (κ1) is 19.8. The topological polar surface area (TPSA) is 96.9 Å². The van der Waals surface area contributed by atoms with E-state index in [1.165, 1.54) is 25.3 Å². The van der Waals surface area contributed by atoms with Crippen molar-refractivity contribution in [1.29, 1.82) is 0 Å². The van der Waals surface area contributed by atoms with E-state index in [1.807, 2.05) is 48.5 Å². The van der Waals surface area contributed by atoms with Crippen LogP contribution in [-0.2, 0) is 4.79 Å². The molecular formula is C22H20N2O5. The SMILES string of the molecule is COc1ccc(C(=O)NNC(=O)COc2ccccc2-c2ccccc2)c(O)c1. The van der Waals surface area contributed by atoms with Crippen LogP contribution in [0.1, 0.15) is 10.4 Å². The average Bonchev–Trinajstić information content (AvgIpc) is 2.76. The van der Waals surface area contributed by atoms with Crippen LogP contribution in [-0.4, -0.2) is 30.6 Å². The van der Waals surface area contributed by atoms with Crippen molar-refractivity contribution < 1.29 is 24.2 Å². The highest BCUT2D eigenvalue weighted by Crippen LogP contribution is 2.29. The van der Waals surface area contributed by atoms with Gasteiger partial charge in [-0.3, -0.25) is 20.4 Å². The van der Waals surface area contributed by atoms with Gasteiger partial charge in [0.25, 0.3) is 11.8 Å². The zero-order valence-electron chi connectivity index (χ0n) is 15.7. The van der Waals surface area contributed by atoms with Crippen LogP contribution in [0.3, 0.4) is 0 Å². The Bertz CT molecular complexity index is 1010. The van der Waals surface area contributed by atoms with Crippen LogP contribution in [0.15, 0.2) is 72.8 Å². The molecule has 3 N–H and O–H groups in total. The number of benzene rings is 3. The van der Waals surface area contributed by atoms with Gasteiger partial charge in [0.05, 0.1) is 12.7 Å². The van der Waals surface area contributed by atoms with Gasteiger partial charge in [-0.15, -0.1) is 0 Å². The molecule has 0 heterocycles. The Hall–Kier alpha value is -4.00. The summed E-state index contributed by atoms with van der Waals surface area (Å²) in [5.74, 6) is -0.511. The number of amides is 2. The van der Waals surface area contributed by atoms with E-state index in [9.17, 15) is 14.7 Å². The number of ether oxygens (including phenoxy) is 2. The summed E-state index contributed by atoms with van der Waals surface area (Å²) in [6.45, 7) is -0.293. The smallest absolute Gasteiger partial charge is 0.276 e. The van der Waals surface area contributed by atoms with E-state index < -0.39 is 11.8 Å². The molecule has 29 heavy (non-hydrogen) atoms. The van der Waals surface area contributed by atoms with Crippen LogP contribution in [0.25, 0.3) is 11.1 Å². The third-order valence-electron chi connectivity index (χ3n) is 4.10. The molecule has 0 atom stereocenters. The number of phenolic OH excluding ortho intramolecular Hbond substituents is 1. The summed E-state index contributed by atoms with van der Waals surface area (Å²) in [6, 6.07) is 21.2. The Labute approximate surface area is 167 Å². The van der Waals surface area contributed by atoms with Crippen LogP contribution in [0, 0.1) is 0 Å². The predicted molar refractivity (Wildman–Crippen MR) is 108 cm³/mol. The maximum absolute atomic E-state index is 12.1. The maximum Gasteiger partial charge on any atom is 0.276 e. The quantitative estimate of drug-likeness (QED) is 0.561. The van der Waals surface area contributed by atoms with E-state index in [0.717, 1.165) is 11.1 Å². The minimum absolute atomic E-state index is 0.00133. The predicted octanol–water partition coefficient (Wildman–Crippen LogP) is 2.91. The van der Waals surface area contributed by atoms with Crippen molar-refractivity contribution in [1.82, 2.24) is 10.9 Å². The average molecular weight is 392 g/mol. The van der Waals surface area contributed by atoms with Gasteiger partial charge in [-0.1, -0.05) is 48.5 Å². The van der Waals surface area contributed by atoms with Gasteiger partial charge in [0, 0.05) is 11.6 Å². The first-order valence-corrected chi connectivity index (χ1v) is 8.82. The summed E-state index contributed by atoms with van der Waals surface area (Å²) in [4.78, 5) is 24.2. The Morgan fingerprint density at radius 2 is 1.66 bits per heavy atom. The number of carbonyl (C=O) groups is 2. The Morgan fingerprint density at radius 1 is 0.931 bits per heavy atom. The molecule has 0 unspecified atom stereocenters. The number of rotatable bonds is 6. The largest absolute Gasteiger partial charge is 0.507 e. The van der Waals surface area contributed by atoms with Crippen LogP contribution in [0.2, 0.25) is 0 Å². The van der Waals surface area contributed by atoms with Gasteiger partial charge >= 0.3 is 0 Å². The first-order chi connectivity index (χ1) is 14.1. The van der Waals surface area contributed by atoms with Gasteiger partial charge in [-0.25, -0.2) is 0 Å². The number of hydrogen-bond donors (Lipinski definition) is 3. The van der Waals surface area contributed by atoms with E-state index in [2.05, 4.69) is 10.9 Å². The molecule has 0 radical (unpaired) electrons. The first-order valence-electron chi connectivity index (χ1n) is 8.82. The summed E-state index contributed by atoms with van der Waals surface area (Å²) < 4.78 is 10.6. The van der Waals surface area contributed by atoms with E-state index in [1.54, 1.807) is 6.07 Å². The lowest BCUT2D eigenvalue weighted by Crippen LogP contribution is -2.43. The van der Waals surface area contributed by atoms with Gasteiger partial charge in [-0.2, -0.15) is 0 Å². The summed E-state index contributed by atoms with van der Waals surface area (Å²) >= 11 is 0. The van der Waals surface area contributed by atoms with Gasteiger partial charge in [-0.05, 0) is 23.8 Å². The van der Waals surface area contributed by atoms with Crippen LogP contribution >= 0.6 is 0 Å². The van der Waals surface area contributed by atoms with Gasteiger partial charge in [0.2, 0.25) is 0 Å². The molecule has 0 aromatic heterocycles. The van der Waals surface area contributed by atoms with Crippen molar-refractivity contribution in [3.63, 3.8) is 0 Å². The fourth-order valence-corrected chi connectivity index (χ4v) is 2.65. The minimum atomic E-state index is -0.664. The number of para-hydroxylation sites is 1. The molecule has 0 bridgehead atoms. The normalized spacial score (nSPS) is 10.1. The van der Waals surface area contributed by atoms with Crippen LogP contribution in [0.4, 0.5) is 0 Å². The van der Waals surface area contributed by atoms with E-state index in [0.29, 0.717) is 11.5 Å². The van der Waals surface area contributed by atoms with Gasteiger partial charge in [0.15, 0.2) is 6.61 Å². The number of phenols is 1. The maximum atomic E-state index is 12.1. The Morgan fingerprint density at radius 3 is 2.38 bits per heavy atom. The standard InChI is InChI=1S/C22H20N2O5/c1-28-16-11-12-18(19(25)13-16)22(27)24-23-21(26)14-29-20-10-6-5-9-17(20)15-7-3-2-4-8-15/h2-13,25H,14H2,1H3,(H,23,26)(H,24,27). The molecule has 0 aliphatic carbocycles. The summed E-state index contributed by atoms with van der Waals surface area (Å²) in [5.41, 5.74) is 6.32. The zero-order chi connectivity index (χ0) is 20.6. The van der Waals surface area contributed by atoms with Crippen LogP contribution < -0.4 is 20.3 Å². The van der Waals surface area contributed by atoms with Gasteiger partial charge < -0.3 is 14.6 Å². The second-order valence-electron chi connectivity index (χ2n) is 6.04. The number of hydrazine groups is 1. The minimum Gasteiger partial charge on any atom is -0.507 e. The number of methoxy groups -OCH3 is 1. The lowest BCUT2D eigenvalue weighted by Gasteiger charge is -2.12. The third kappa shape index (κ3) is 5.04.